The Morgan fingerprint density at radius 2 is 1.90 bits per heavy atom. The summed E-state index contributed by atoms with van der Waals surface area (Å²) in [4.78, 5) is 12.3. The number of amides is 1. The molecule has 0 aliphatic heterocycles. The van der Waals surface area contributed by atoms with E-state index in [1.54, 1.807) is 6.92 Å². The summed E-state index contributed by atoms with van der Waals surface area (Å²) in [6.45, 7) is 1.66. The van der Waals surface area contributed by atoms with Crippen LogP contribution in [0.15, 0.2) is 48.5 Å². The van der Waals surface area contributed by atoms with Crippen molar-refractivity contribution in [1.82, 2.24) is 20.3 Å². The van der Waals surface area contributed by atoms with Gasteiger partial charge in [0.25, 0.3) is 5.91 Å². The second-order valence-electron chi connectivity index (χ2n) is 6.04. The van der Waals surface area contributed by atoms with E-state index in [0.29, 0.717) is 11.4 Å². The highest BCUT2D eigenvalue weighted by Gasteiger charge is 2.30. The van der Waals surface area contributed by atoms with Crippen LogP contribution in [0.4, 0.5) is 17.6 Å². The van der Waals surface area contributed by atoms with Gasteiger partial charge >= 0.3 is 6.18 Å². The molecule has 3 aromatic rings. The highest BCUT2D eigenvalue weighted by atomic mass is 19.4. The molecule has 152 valence electrons. The van der Waals surface area contributed by atoms with Gasteiger partial charge in [-0.05, 0) is 49.4 Å². The minimum Gasteiger partial charge on any atom is -0.492 e. The zero-order valence-corrected chi connectivity index (χ0v) is 15.2. The van der Waals surface area contributed by atoms with Crippen LogP contribution in [0.25, 0.3) is 5.69 Å². The molecule has 0 spiro atoms. The Bertz CT molecular complexity index is 1000. The molecule has 0 aliphatic rings. The normalized spacial score (nSPS) is 11.3. The lowest BCUT2D eigenvalue weighted by Crippen LogP contribution is -2.29. The summed E-state index contributed by atoms with van der Waals surface area (Å²) >= 11 is 0. The standard InChI is InChI=1S/C19H16F4N4O2/c1-12-17(25-26-27(12)15-7-5-14(20)6-8-15)18(28)24-9-10-29-16-4-2-3-13(11-16)19(21,22)23/h2-8,11H,9-10H2,1H3,(H,24,28). The summed E-state index contributed by atoms with van der Waals surface area (Å²) in [5, 5.41) is 10.3. The summed E-state index contributed by atoms with van der Waals surface area (Å²) in [6, 6.07) is 10.0. The van der Waals surface area contributed by atoms with Crippen LogP contribution in [-0.2, 0) is 6.18 Å². The largest absolute Gasteiger partial charge is 0.492 e. The quantitative estimate of drug-likeness (QED) is 0.500. The lowest BCUT2D eigenvalue weighted by atomic mass is 10.2. The Morgan fingerprint density at radius 3 is 2.59 bits per heavy atom. The van der Waals surface area contributed by atoms with Crippen molar-refractivity contribution in [2.45, 2.75) is 13.1 Å². The summed E-state index contributed by atoms with van der Waals surface area (Å²) < 4.78 is 57.7. The minimum absolute atomic E-state index is 0.0296. The number of hydrogen-bond acceptors (Lipinski definition) is 4. The van der Waals surface area contributed by atoms with E-state index in [1.807, 2.05) is 0 Å². The van der Waals surface area contributed by atoms with Gasteiger partial charge in [0, 0.05) is 0 Å². The molecule has 1 N–H and O–H groups in total. The Hall–Kier alpha value is -3.43. The number of halogens is 4. The van der Waals surface area contributed by atoms with E-state index in [1.165, 1.54) is 41.1 Å². The van der Waals surface area contributed by atoms with Crippen molar-refractivity contribution in [3.63, 3.8) is 0 Å². The van der Waals surface area contributed by atoms with Gasteiger partial charge in [-0.3, -0.25) is 4.79 Å². The van der Waals surface area contributed by atoms with Gasteiger partial charge in [-0.1, -0.05) is 11.3 Å². The Morgan fingerprint density at radius 1 is 1.17 bits per heavy atom. The number of carbonyl (C=O) groups is 1. The average Bonchev–Trinajstić information content (AvgIpc) is 3.07. The molecule has 2 aromatic carbocycles. The summed E-state index contributed by atoms with van der Waals surface area (Å²) in [6.07, 6.45) is -4.46. The van der Waals surface area contributed by atoms with E-state index in [9.17, 15) is 22.4 Å². The molecule has 0 saturated carbocycles. The molecule has 0 atom stereocenters. The number of ether oxygens (including phenoxy) is 1. The first-order valence-corrected chi connectivity index (χ1v) is 8.52. The number of aromatic nitrogens is 3. The molecule has 0 saturated heterocycles. The fourth-order valence-corrected chi connectivity index (χ4v) is 2.55. The Kier molecular flexibility index (Phi) is 5.81. The number of benzene rings is 2. The molecule has 1 amide bonds. The number of rotatable bonds is 6. The molecule has 0 radical (unpaired) electrons. The summed E-state index contributed by atoms with van der Waals surface area (Å²) in [7, 11) is 0. The maximum atomic E-state index is 13.0. The molecule has 10 heteroatoms. The maximum absolute atomic E-state index is 13.0. The highest BCUT2D eigenvalue weighted by Crippen LogP contribution is 2.31. The first-order chi connectivity index (χ1) is 13.8. The van der Waals surface area contributed by atoms with Gasteiger partial charge in [-0.15, -0.1) is 5.10 Å². The monoisotopic (exact) mass is 408 g/mol. The minimum atomic E-state index is -4.46. The summed E-state index contributed by atoms with van der Waals surface area (Å²) in [5.74, 6) is -0.860. The van der Waals surface area contributed by atoms with Gasteiger partial charge < -0.3 is 10.1 Å². The third-order valence-electron chi connectivity index (χ3n) is 4.00. The van der Waals surface area contributed by atoms with E-state index >= 15 is 0 Å². The predicted octanol–water partition coefficient (Wildman–Crippen LogP) is 3.54. The first-order valence-electron chi connectivity index (χ1n) is 8.52. The summed E-state index contributed by atoms with van der Waals surface area (Å²) in [5.41, 5.74) is 0.261. The highest BCUT2D eigenvalue weighted by molar-refractivity contribution is 5.93. The fourth-order valence-electron chi connectivity index (χ4n) is 2.55. The molecule has 3 rings (SSSR count). The van der Waals surface area contributed by atoms with Crippen LogP contribution in [0.5, 0.6) is 5.75 Å². The van der Waals surface area contributed by atoms with Crippen LogP contribution in [0.3, 0.4) is 0 Å². The smallest absolute Gasteiger partial charge is 0.416 e. The van der Waals surface area contributed by atoms with Crippen molar-refractivity contribution in [3.05, 3.63) is 71.3 Å². The third kappa shape index (κ3) is 4.89. The van der Waals surface area contributed by atoms with Crippen molar-refractivity contribution in [1.29, 1.82) is 0 Å². The molecular formula is C19H16F4N4O2. The van der Waals surface area contributed by atoms with Crippen molar-refractivity contribution in [2.75, 3.05) is 13.2 Å². The predicted molar refractivity (Wildman–Crippen MR) is 95.3 cm³/mol. The molecule has 0 bridgehead atoms. The number of carbonyl (C=O) groups excluding carboxylic acids is 1. The topological polar surface area (TPSA) is 69.0 Å². The van der Waals surface area contributed by atoms with Crippen LogP contribution >= 0.6 is 0 Å². The second kappa shape index (κ2) is 8.29. The molecule has 1 heterocycles. The van der Waals surface area contributed by atoms with E-state index in [-0.39, 0.29) is 24.6 Å². The second-order valence-corrected chi connectivity index (χ2v) is 6.04. The van der Waals surface area contributed by atoms with Crippen LogP contribution in [-0.4, -0.2) is 34.1 Å². The lowest BCUT2D eigenvalue weighted by Gasteiger charge is -2.10. The third-order valence-corrected chi connectivity index (χ3v) is 4.00. The lowest BCUT2D eigenvalue weighted by molar-refractivity contribution is -0.137. The number of nitrogens with zero attached hydrogens (tertiary/aromatic N) is 3. The zero-order chi connectivity index (χ0) is 21.0. The zero-order valence-electron chi connectivity index (χ0n) is 15.2. The van der Waals surface area contributed by atoms with Gasteiger partial charge in [-0.25, -0.2) is 9.07 Å². The molecule has 0 unspecified atom stereocenters. The first kappa shape index (κ1) is 20.3. The van der Waals surface area contributed by atoms with E-state index < -0.39 is 23.5 Å². The molecule has 0 aliphatic carbocycles. The van der Waals surface area contributed by atoms with Crippen molar-refractivity contribution >= 4 is 5.91 Å². The van der Waals surface area contributed by atoms with Crippen molar-refractivity contribution in [3.8, 4) is 11.4 Å². The fraction of sp³-hybridized carbons (Fsp3) is 0.211. The van der Waals surface area contributed by atoms with E-state index in [0.717, 1.165) is 12.1 Å². The van der Waals surface area contributed by atoms with Gasteiger partial charge in [0.05, 0.1) is 23.5 Å². The van der Waals surface area contributed by atoms with Crippen LogP contribution in [0, 0.1) is 12.7 Å². The Labute approximate surface area is 163 Å². The van der Waals surface area contributed by atoms with Crippen LogP contribution in [0.2, 0.25) is 0 Å². The Balaban J connectivity index is 1.56. The SMILES string of the molecule is Cc1c(C(=O)NCCOc2cccc(C(F)(F)F)c2)nnn1-c1ccc(F)cc1. The van der Waals surface area contributed by atoms with E-state index in [2.05, 4.69) is 15.6 Å². The number of alkyl halides is 3. The van der Waals surface area contributed by atoms with Gasteiger partial charge in [-0.2, -0.15) is 13.2 Å². The van der Waals surface area contributed by atoms with Gasteiger partial charge in [0.15, 0.2) is 5.69 Å². The molecule has 6 nitrogen and oxygen atoms in total. The maximum Gasteiger partial charge on any atom is 0.416 e. The average molecular weight is 408 g/mol. The van der Waals surface area contributed by atoms with Crippen molar-refractivity contribution in [2.24, 2.45) is 0 Å². The molecule has 29 heavy (non-hydrogen) atoms. The van der Waals surface area contributed by atoms with Gasteiger partial charge in [0.1, 0.15) is 18.2 Å². The molecule has 0 fully saturated rings. The van der Waals surface area contributed by atoms with Crippen molar-refractivity contribution < 1.29 is 27.1 Å². The molecular weight excluding hydrogens is 392 g/mol. The molecule has 1 aromatic heterocycles. The van der Waals surface area contributed by atoms with Crippen LogP contribution in [0.1, 0.15) is 21.7 Å². The van der Waals surface area contributed by atoms with E-state index in [4.69, 9.17) is 4.74 Å². The number of nitrogens with one attached hydrogen (secondary N) is 1. The van der Waals surface area contributed by atoms with Gasteiger partial charge in [0.2, 0.25) is 0 Å². The number of hydrogen-bond donors (Lipinski definition) is 1. The van der Waals surface area contributed by atoms with Crippen LogP contribution < -0.4 is 10.1 Å².